The molecule has 3 rings (SSSR count). The maximum absolute atomic E-state index is 14.3. The number of carbonyl (C=O) groups excluding carboxylic acids is 1. The number of benzene rings is 1. The molecule has 2 atom stereocenters. The number of pyridine rings is 1. The van der Waals surface area contributed by atoms with Crippen LogP contribution in [0.1, 0.15) is 44.7 Å². The van der Waals surface area contributed by atoms with Crippen molar-refractivity contribution in [3.63, 3.8) is 0 Å². The molecule has 0 saturated heterocycles. The third-order valence-corrected chi connectivity index (χ3v) is 5.29. The molecule has 1 amide bonds. The van der Waals surface area contributed by atoms with Crippen LogP contribution in [0.4, 0.5) is 17.6 Å². The van der Waals surface area contributed by atoms with Crippen molar-refractivity contribution in [3.8, 4) is 17.2 Å². The highest BCUT2D eigenvalue weighted by Gasteiger charge is 2.48. The van der Waals surface area contributed by atoms with Crippen molar-refractivity contribution in [1.82, 2.24) is 15.6 Å². The van der Waals surface area contributed by atoms with E-state index in [4.69, 9.17) is 0 Å². The van der Waals surface area contributed by atoms with Gasteiger partial charge >= 0.3 is 6.18 Å². The molecule has 5 nitrogen and oxygen atoms in total. The molecule has 170 valence electrons. The first-order chi connectivity index (χ1) is 14.9. The fourth-order valence-electron chi connectivity index (χ4n) is 3.42. The van der Waals surface area contributed by atoms with Crippen LogP contribution in [-0.4, -0.2) is 34.3 Å². The molecule has 1 saturated carbocycles. The van der Waals surface area contributed by atoms with Gasteiger partial charge in [0.2, 0.25) is 5.91 Å². The monoisotopic (exact) mass is 448 g/mol. The van der Waals surface area contributed by atoms with E-state index in [0.717, 1.165) is 5.56 Å². The van der Waals surface area contributed by atoms with Crippen LogP contribution >= 0.6 is 0 Å². The van der Waals surface area contributed by atoms with Gasteiger partial charge in [-0.05, 0) is 55.5 Å². The van der Waals surface area contributed by atoms with Gasteiger partial charge in [-0.25, -0.2) is 4.39 Å². The van der Waals surface area contributed by atoms with Gasteiger partial charge < -0.3 is 5.32 Å². The van der Waals surface area contributed by atoms with Crippen molar-refractivity contribution >= 4 is 5.91 Å². The lowest BCUT2D eigenvalue weighted by Crippen LogP contribution is -2.53. The summed E-state index contributed by atoms with van der Waals surface area (Å²) >= 11 is 0. The van der Waals surface area contributed by atoms with E-state index >= 15 is 0 Å². The van der Waals surface area contributed by atoms with E-state index in [2.05, 4.69) is 15.6 Å². The van der Waals surface area contributed by atoms with Crippen LogP contribution in [0.25, 0.3) is 11.1 Å². The number of nitrogens with one attached hydrogen (secondary N) is 2. The number of aromatic nitrogens is 1. The summed E-state index contributed by atoms with van der Waals surface area (Å²) in [6.45, 7) is 2.39. The standard InChI is InChI=1S/C23H24F4N4O/c1-21(2,24)13-18(20(32)31-22(14-28)9-10-22)30-19(23(25,26)27)17-5-3-15(4-6-17)16-7-11-29-12-8-16/h3-8,11-12,18-19,30H,9-10,13H2,1-2H3,(H,31,32)/t18-,19-/m0/s1. The van der Waals surface area contributed by atoms with Crippen LogP contribution in [0.5, 0.6) is 0 Å². The van der Waals surface area contributed by atoms with Crippen LogP contribution in [0.3, 0.4) is 0 Å². The second-order valence-corrected chi connectivity index (χ2v) is 8.66. The second kappa shape index (κ2) is 8.87. The Labute approximate surface area is 183 Å². The van der Waals surface area contributed by atoms with E-state index in [1.165, 1.54) is 26.0 Å². The van der Waals surface area contributed by atoms with Crippen molar-refractivity contribution in [2.75, 3.05) is 0 Å². The highest BCUT2D eigenvalue weighted by Crippen LogP contribution is 2.37. The van der Waals surface area contributed by atoms with Crippen LogP contribution in [-0.2, 0) is 4.79 Å². The summed E-state index contributed by atoms with van der Waals surface area (Å²) < 4.78 is 56.2. The Morgan fingerprint density at radius 2 is 1.66 bits per heavy atom. The maximum Gasteiger partial charge on any atom is 0.407 e. The Bertz CT molecular complexity index is 974. The summed E-state index contributed by atoms with van der Waals surface area (Å²) in [7, 11) is 0. The minimum Gasteiger partial charge on any atom is -0.336 e. The van der Waals surface area contributed by atoms with Gasteiger partial charge in [0.1, 0.15) is 17.2 Å². The molecule has 1 heterocycles. The third-order valence-electron chi connectivity index (χ3n) is 5.29. The van der Waals surface area contributed by atoms with Gasteiger partial charge in [0, 0.05) is 18.8 Å². The molecule has 2 aromatic rings. The molecule has 0 spiro atoms. The number of hydrogen-bond donors (Lipinski definition) is 2. The average Bonchev–Trinajstić information content (AvgIpc) is 3.50. The number of alkyl halides is 4. The number of halogens is 4. The normalized spacial score (nSPS) is 17.2. The van der Waals surface area contributed by atoms with E-state index in [0.29, 0.717) is 18.4 Å². The molecule has 1 aromatic carbocycles. The molecule has 1 aliphatic rings. The molecular formula is C23H24F4N4O. The lowest BCUT2D eigenvalue weighted by molar-refractivity contribution is -0.161. The van der Waals surface area contributed by atoms with Crippen molar-refractivity contribution < 1.29 is 22.4 Å². The summed E-state index contributed by atoms with van der Waals surface area (Å²) in [4.78, 5) is 16.6. The smallest absolute Gasteiger partial charge is 0.336 e. The fourth-order valence-corrected chi connectivity index (χ4v) is 3.42. The van der Waals surface area contributed by atoms with Crippen LogP contribution < -0.4 is 10.6 Å². The van der Waals surface area contributed by atoms with Crippen molar-refractivity contribution in [3.05, 3.63) is 54.4 Å². The Morgan fingerprint density at radius 3 is 2.12 bits per heavy atom. The first-order valence-electron chi connectivity index (χ1n) is 10.2. The maximum atomic E-state index is 14.3. The highest BCUT2D eigenvalue weighted by atomic mass is 19.4. The van der Waals surface area contributed by atoms with Gasteiger partial charge in [0.25, 0.3) is 0 Å². The SMILES string of the molecule is CC(C)(F)C[C@H](N[C@@H](c1ccc(-c2ccncc2)cc1)C(F)(F)F)C(=O)NC1(C#N)CC1. The number of nitriles is 1. The van der Waals surface area contributed by atoms with Crippen LogP contribution in [0, 0.1) is 11.3 Å². The van der Waals surface area contributed by atoms with E-state index in [1.807, 2.05) is 6.07 Å². The Kier molecular flexibility index (Phi) is 6.56. The van der Waals surface area contributed by atoms with E-state index in [1.54, 1.807) is 36.7 Å². The van der Waals surface area contributed by atoms with Crippen LogP contribution in [0.2, 0.25) is 0 Å². The zero-order chi connectivity index (χ0) is 23.6. The molecule has 0 aliphatic heterocycles. The largest absolute Gasteiger partial charge is 0.407 e. The van der Waals surface area contributed by atoms with E-state index in [-0.39, 0.29) is 5.56 Å². The van der Waals surface area contributed by atoms with Gasteiger partial charge in [-0.2, -0.15) is 18.4 Å². The van der Waals surface area contributed by atoms with Gasteiger partial charge in [0.05, 0.1) is 12.1 Å². The summed E-state index contributed by atoms with van der Waals surface area (Å²) in [6, 6.07) is 7.52. The molecule has 0 bridgehead atoms. The third kappa shape index (κ3) is 6.04. The molecule has 1 aromatic heterocycles. The molecular weight excluding hydrogens is 424 g/mol. The topological polar surface area (TPSA) is 77.8 Å². The summed E-state index contributed by atoms with van der Waals surface area (Å²) in [5.74, 6) is -0.822. The predicted molar refractivity (Wildman–Crippen MR) is 111 cm³/mol. The minimum atomic E-state index is -4.73. The summed E-state index contributed by atoms with van der Waals surface area (Å²) in [6.07, 6.45) is -1.22. The lowest BCUT2D eigenvalue weighted by atomic mass is 9.96. The Hall–Kier alpha value is -2.99. The van der Waals surface area contributed by atoms with Gasteiger partial charge in [-0.3, -0.25) is 15.1 Å². The van der Waals surface area contributed by atoms with Crippen molar-refractivity contribution in [1.29, 1.82) is 5.26 Å². The lowest BCUT2D eigenvalue weighted by Gasteiger charge is -2.30. The predicted octanol–water partition coefficient (Wildman–Crippen LogP) is 4.62. The van der Waals surface area contributed by atoms with Gasteiger partial charge in [-0.15, -0.1) is 0 Å². The number of carbonyl (C=O) groups is 1. The molecule has 32 heavy (non-hydrogen) atoms. The fraction of sp³-hybridized carbons (Fsp3) is 0.435. The minimum absolute atomic E-state index is 0.105. The van der Waals surface area contributed by atoms with Crippen molar-refractivity contribution in [2.45, 2.75) is 62.6 Å². The molecule has 2 N–H and O–H groups in total. The average molecular weight is 448 g/mol. The molecule has 9 heteroatoms. The quantitative estimate of drug-likeness (QED) is 0.578. The first-order valence-corrected chi connectivity index (χ1v) is 10.2. The number of hydrogen-bond acceptors (Lipinski definition) is 4. The first kappa shape index (κ1) is 23.7. The molecule has 1 fully saturated rings. The molecule has 1 aliphatic carbocycles. The van der Waals surface area contributed by atoms with E-state index < -0.39 is 41.8 Å². The Balaban J connectivity index is 1.86. The number of nitrogens with zero attached hydrogens (tertiary/aromatic N) is 2. The molecule has 0 radical (unpaired) electrons. The highest BCUT2D eigenvalue weighted by molar-refractivity contribution is 5.83. The van der Waals surface area contributed by atoms with Gasteiger partial charge in [-0.1, -0.05) is 24.3 Å². The Morgan fingerprint density at radius 1 is 1.09 bits per heavy atom. The zero-order valence-electron chi connectivity index (χ0n) is 17.7. The summed E-state index contributed by atoms with van der Waals surface area (Å²) in [5.41, 5.74) is -1.57. The van der Waals surface area contributed by atoms with Gasteiger partial charge in [0.15, 0.2) is 0 Å². The molecule has 0 unspecified atom stereocenters. The van der Waals surface area contributed by atoms with Crippen molar-refractivity contribution in [2.24, 2.45) is 0 Å². The second-order valence-electron chi connectivity index (χ2n) is 8.66. The van der Waals surface area contributed by atoms with E-state index in [9.17, 15) is 27.6 Å². The summed E-state index contributed by atoms with van der Waals surface area (Å²) in [5, 5.41) is 14.0. The number of amides is 1. The van der Waals surface area contributed by atoms with Crippen LogP contribution in [0.15, 0.2) is 48.8 Å². The zero-order valence-corrected chi connectivity index (χ0v) is 17.7. The number of rotatable bonds is 8.